The normalized spacial score (nSPS) is 11.7. The Morgan fingerprint density at radius 2 is 0.881 bits per heavy atom. The maximum atomic E-state index is 5.25. The van der Waals surface area contributed by atoms with E-state index >= 15 is 0 Å². The molecule has 4 heterocycles. The van der Waals surface area contributed by atoms with Gasteiger partial charge in [-0.15, -0.1) is 0 Å². The zero-order chi connectivity index (χ0) is 38.9. The van der Waals surface area contributed by atoms with Gasteiger partial charge in [0.25, 0.3) is 0 Å². The molecule has 0 aliphatic heterocycles. The Kier molecular flexibility index (Phi) is 7.50. The van der Waals surface area contributed by atoms with Crippen molar-refractivity contribution in [1.82, 2.24) is 19.5 Å². The summed E-state index contributed by atoms with van der Waals surface area (Å²) in [7, 11) is 0. The van der Waals surface area contributed by atoms with Gasteiger partial charge in [-0.3, -0.25) is 0 Å². The summed E-state index contributed by atoms with van der Waals surface area (Å²) in [6, 6.07) is 73.2. The second-order valence-electron chi connectivity index (χ2n) is 15.2. The molecule has 274 valence electrons. The van der Waals surface area contributed by atoms with Gasteiger partial charge in [0.1, 0.15) is 0 Å². The summed E-state index contributed by atoms with van der Waals surface area (Å²) >= 11 is 0. The average molecular weight is 751 g/mol. The second-order valence-corrected chi connectivity index (χ2v) is 15.2. The molecule has 8 aromatic carbocycles. The van der Waals surface area contributed by atoms with Gasteiger partial charge in [-0.05, 0) is 53.6 Å². The van der Waals surface area contributed by atoms with E-state index in [1.807, 2.05) is 18.2 Å². The van der Waals surface area contributed by atoms with Crippen LogP contribution in [0.1, 0.15) is 0 Å². The third-order valence-electron chi connectivity index (χ3n) is 11.8. The van der Waals surface area contributed by atoms with Crippen molar-refractivity contribution < 1.29 is 0 Å². The number of aromatic nitrogens is 4. The third kappa shape index (κ3) is 5.42. The van der Waals surface area contributed by atoms with Crippen molar-refractivity contribution in [2.75, 3.05) is 0 Å². The average Bonchev–Trinajstić information content (AvgIpc) is 3.65. The quantitative estimate of drug-likeness (QED) is 0.165. The predicted molar refractivity (Wildman–Crippen MR) is 246 cm³/mol. The molecule has 4 nitrogen and oxygen atoms in total. The molecule has 0 unspecified atom stereocenters. The number of rotatable bonds is 5. The van der Waals surface area contributed by atoms with Gasteiger partial charge >= 0.3 is 0 Å². The first-order valence-electron chi connectivity index (χ1n) is 20.0. The van der Waals surface area contributed by atoms with Gasteiger partial charge in [0.15, 0.2) is 0 Å². The van der Waals surface area contributed by atoms with Crippen molar-refractivity contribution in [1.29, 1.82) is 0 Å². The van der Waals surface area contributed by atoms with Gasteiger partial charge in [0.05, 0.1) is 44.7 Å². The van der Waals surface area contributed by atoms with Gasteiger partial charge in [0.2, 0.25) is 0 Å². The van der Waals surface area contributed by atoms with E-state index in [4.69, 9.17) is 15.0 Å². The van der Waals surface area contributed by atoms with E-state index in [9.17, 15) is 0 Å². The van der Waals surface area contributed by atoms with Gasteiger partial charge < -0.3 is 4.57 Å². The van der Waals surface area contributed by atoms with Crippen LogP contribution in [0.4, 0.5) is 0 Å². The van der Waals surface area contributed by atoms with E-state index in [2.05, 4.69) is 193 Å². The lowest BCUT2D eigenvalue weighted by Gasteiger charge is -2.14. The smallest absolute Gasteiger partial charge is 0.0972 e. The number of para-hydroxylation sites is 2. The van der Waals surface area contributed by atoms with Crippen LogP contribution in [-0.4, -0.2) is 19.5 Å². The fourth-order valence-electron chi connectivity index (χ4n) is 8.91. The first-order chi connectivity index (χ1) is 29.2. The van der Waals surface area contributed by atoms with Crippen LogP contribution in [0.15, 0.2) is 206 Å². The maximum absolute atomic E-state index is 5.25. The lowest BCUT2D eigenvalue weighted by atomic mass is 9.96. The minimum absolute atomic E-state index is 0.911. The largest absolute Gasteiger partial charge is 0.309 e. The molecule has 4 aromatic heterocycles. The molecule has 0 aliphatic rings. The van der Waals surface area contributed by atoms with E-state index < -0.39 is 0 Å². The summed E-state index contributed by atoms with van der Waals surface area (Å²) in [4.78, 5) is 15.6. The minimum atomic E-state index is 0.911. The summed E-state index contributed by atoms with van der Waals surface area (Å²) in [5.41, 5.74) is 14.7. The summed E-state index contributed by atoms with van der Waals surface area (Å²) in [5, 5.41) is 8.07. The molecule has 4 heteroatoms. The number of benzene rings is 8. The molecular weight excluding hydrogens is 717 g/mol. The van der Waals surface area contributed by atoms with Crippen LogP contribution in [-0.2, 0) is 0 Å². The molecule has 0 spiro atoms. The highest BCUT2D eigenvalue weighted by Crippen LogP contribution is 2.43. The predicted octanol–water partition coefficient (Wildman–Crippen LogP) is 14.2. The minimum Gasteiger partial charge on any atom is -0.309 e. The Bertz CT molecular complexity index is 3580. The number of hydrogen-bond donors (Lipinski definition) is 0. The number of nitrogens with zero attached hydrogens (tertiary/aromatic N) is 4. The van der Waals surface area contributed by atoms with E-state index in [1.165, 1.54) is 21.7 Å². The van der Waals surface area contributed by atoms with Crippen LogP contribution >= 0.6 is 0 Å². The van der Waals surface area contributed by atoms with Crippen LogP contribution in [0.3, 0.4) is 0 Å². The Balaban J connectivity index is 1.01. The Morgan fingerprint density at radius 1 is 0.339 bits per heavy atom. The van der Waals surface area contributed by atoms with Gasteiger partial charge in [-0.2, -0.15) is 0 Å². The number of fused-ring (bicyclic) bond motifs is 10. The molecular formula is C55H34N4. The van der Waals surface area contributed by atoms with Crippen molar-refractivity contribution in [2.24, 2.45) is 0 Å². The highest BCUT2D eigenvalue weighted by atomic mass is 15.0. The van der Waals surface area contributed by atoms with E-state index in [1.54, 1.807) is 0 Å². The SMILES string of the molecule is c1ccc(-c2ccc3ccc4ccc(-c5ccc(-c6ccc7c(c6)c6ccc8c(-c9ccccc9)nc9ccccc9c8c6n7-c6ccccc6)cc5)nc4c3n2)cc1. The Labute approximate surface area is 340 Å². The summed E-state index contributed by atoms with van der Waals surface area (Å²) in [5.74, 6) is 0. The summed E-state index contributed by atoms with van der Waals surface area (Å²) in [6.07, 6.45) is 0. The van der Waals surface area contributed by atoms with Crippen molar-refractivity contribution in [3.63, 3.8) is 0 Å². The molecule has 0 fully saturated rings. The highest BCUT2D eigenvalue weighted by molar-refractivity contribution is 6.27. The first-order valence-corrected chi connectivity index (χ1v) is 20.0. The third-order valence-corrected chi connectivity index (χ3v) is 11.8. The van der Waals surface area contributed by atoms with Gasteiger partial charge in [0, 0.05) is 60.1 Å². The van der Waals surface area contributed by atoms with Crippen molar-refractivity contribution in [2.45, 2.75) is 0 Å². The van der Waals surface area contributed by atoms with Crippen molar-refractivity contribution in [3.05, 3.63) is 206 Å². The molecule has 12 aromatic rings. The fraction of sp³-hybridized carbons (Fsp3) is 0. The molecule has 0 N–H and O–H groups in total. The fourth-order valence-corrected chi connectivity index (χ4v) is 8.91. The molecule has 0 radical (unpaired) electrons. The first kappa shape index (κ1) is 33.2. The number of hydrogen-bond acceptors (Lipinski definition) is 3. The second kappa shape index (κ2) is 13.3. The zero-order valence-electron chi connectivity index (χ0n) is 31.9. The highest BCUT2D eigenvalue weighted by Gasteiger charge is 2.20. The summed E-state index contributed by atoms with van der Waals surface area (Å²) in [6.45, 7) is 0. The van der Waals surface area contributed by atoms with Crippen LogP contribution in [0.2, 0.25) is 0 Å². The standard InChI is InChI=1S/C55H34N4/c1-4-12-36(13-5-1)47-31-26-39-24-25-40-27-32-48(57-54(40)53(39)56-47)37-22-20-35(21-23-37)41-28-33-50-46(34-41)43-29-30-45-51(55(43)59(50)42-16-8-3-9-17-42)44-18-10-11-19-49(44)58-52(45)38-14-6-2-7-15-38/h1-34H. The Morgan fingerprint density at radius 3 is 1.58 bits per heavy atom. The maximum Gasteiger partial charge on any atom is 0.0972 e. The van der Waals surface area contributed by atoms with Crippen LogP contribution in [0, 0.1) is 0 Å². The summed E-state index contributed by atoms with van der Waals surface area (Å²) < 4.78 is 2.44. The van der Waals surface area contributed by atoms with E-state index in [-0.39, 0.29) is 0 Å². The lowest BCUT2D eigenvalue weighted by molar-refractivity contribution is 1.19. The molecule has 0 saturated carbocycles. The van der Waals surface area contributed by atoms with Crippen molar-refractivity contribution >= 4 is 65.3 Å². The molecule has 12 rings (SSSR count). The monoisotopic (exact) mass is 750 g/mol. The van der Waals surface area contributed by atoms with Crippen LogP contribution < -0.4 is 0 Å². The molecule has 0 saturated heterocycles. The van der Waals surface area contributed by atoms with Crippen molar-refractivity contribution in [3.8, 4) is 50.6 Å². The van der Waals surface area contributed by atoms with E-state index in [0.717, 1.165) is 94.2 Å². The number of pyridine rings is 3. The Hall–Kier alpha value is -7.95. The van der Waals surface area contributed by atoms with Gasteiger partial charge in [-0.1, -0.05) is 164 Å². The molecule has 0 amide bonds. The molecule has 59 heavy (non-hydrogen) atoms. The lowest BCUT2D eigenvalue weighted by Crippen LogP contribution is -1.96. The van der Waals surface area contributed by atoms with Crippen LogP contribution in [0.25, 0.3) is 116 Å². The topological polar surface area (TPSA) is 43.6 Å². The zero-order valence-corrected chi connectivity index (χ0v) is 31.9. The van der Waals surface area contributed by atoms with Crippen LogP contribution in [0.5, 0.6) is 0 Å². The molecule has 0 atom stereocenters. The molecule has 0 aliphatic carbocycles. The van der Waals surface area contributed by atoms with E-state index in [0.29, 0.717) is 0 Å². The molecule has 0 bridgehead atoms. The van der Waals surface area contributed by atoms with Gasteiger partial charge in [-0.25, -0.2) is 15.0 Å².